The number of nitrogens with zero attached hydrogens (tertiary/aromatic N) is 3. The number of nitrogens with one attached hydrogen (secondary N) is 1. The Hall–Kier alpha value is -3.66. The molecule has 3 aromatic rings. The molecule has 1 unspecified atom stereocenters. The fraction of sp³-hybridized carbons (Fsp3) is 0.452. The number of carbonyl (C=O) groups is 1. The molecule has 1 fully saturated rings. The Labute approximate surface area is 242 Å². The number of ether oxygens (including phenoxy) is 2. The Bertz CT molecular complexity index is 1510. The third-order valence-electron chi connectivity index (χ3n) is 8.12. The van der Waals surface area contributed by atoms with E-state index in [0.29, 0.717) is 43.6 Å². The molecule has 3 heterocycles. The van der Waals surface area contributed by atoms with Crippen molar-refractivity contribution in [3.8, 4) is 17.1 Å². The third-order valence-corrected chi connectivity index (χ3v) is 9.44. The first kappa shape index (κ1) is 28.9. The van der Waals surface area contributed by atoms with E-state index < -0.39 is 10.0 Å². The summed E-state index contributed by atoms with van der Waals surface area (Å²) in [4.78, 5) is 23.1. The molecule has 1 aromatic heterocycles. The van der Waals surface area contributed by atoms with Crippen molar-refractivity contribution in [1.82, 2.24) is 14.9 Å². The monoisotopic (exact) mass is 578 g/mol. The van der Waals surface area contributed by atoms with E-state index >= 15 is 0 Å². The first-order valence-corrected chi connectivity index (χ1v) is 15.6. The highest BCUT2D eigenvalue weighted by Crippen LogP contribution is 2.37. The lowest BCUT2D eigenvalue weighted by Gasteiger charge is -2.45. The Morgan fingerprint density at radius 1 is 1.10 bits per heavy atom. The van der Waals surface area contributed by atoms with Crippen LogP contribution in [0.3, 0.4) is 0 Å². The van der Waals surface area contributed by atoms with E-state index in [0.717, 1.165) is 28.7 Å². The number of sulfonamides is 1. The first-order chi connectivity index (χ1) is 19.5. The summed E-state index contributed by atoms with van der Waals surface area (Å²) >= 11 is 0. The molecule has 1 N–H and O–H groups in total. The SMILES string of the molecule is COC(=O)N1CC(C2Cc3cccc(c3)S(=O)(=O)Nc3nc(cc(-c4c(C)cccc4C)n3)OC[C@H]2CC(C)C)C1. The number of likely N-dealkylation sites (tertiary alicyclic amines) is 1. The van der Waals surface area contributed by atoms with Crippen molar-refractivity contribution in [3.05, 3.63) is 65.2 Å². The van der Waals surface area contributed by atoms with E-state index in [1.54, 1.807) is 29.2 Å². The van der Waals surface area contributed by atoms with Crippen LogP contribution in [0.25, 0.3) is 11.3 Å². The number of aryl methyl sites for hydroxylation is 2. The fourth-order valence-electron chi connectivity index (χ4n) is 6.13. The standard InChI is InChI=1S/C31H38N4O5S/c1-19(2)12-23-18-40-28-15-27(29-20(3)8-6-9-21(29)4)32-30(33-28)34-41(37,38)25-11-7-10-22(13-25)14-26(23)24-16-35(17-24)31(36)39-5/h6-11,13,15,19,23-24,26H,12,14,16-18H2,1-5H3,(H,32,33,34)/t23-,26?/m1/s1. The molecule has 218 valence electrons. The van der Waals surface area contributed by atoms with Gasteiger partial charge >= 0.3 is 6.09 Å². The molecule has 0 radical (unpaired) electrons. The van der Waals surface area contributed by atoms with Crippen LogP contribution in [0.15, 0.2) is 53.4 Å². The van der Waals surface area contributed by atoms with Crippen molar-refractivity contribution >= 4 is 22.1 Å². The van der Waals surface area contributed by atoms with E-state index in [-0.39, 0.29) is 34.7 Å². The smallest absolute Gasteiger partial charge is 0.409 e. The van der Waals surface area contributed by atoms with Crippen molar-refractivity contribution in [1.29, 1.82) is 0 Å². The number of benzene rings is 2. The van der Waals surface area contributed by atoms with Gasteiger partial charge < -0.3 is 14.4 Å². The lowest BCUT2D eigenvalue weighted by atomic mass is 9.72. The van der Waals surface area contributed by atoms with Gasteiger partial charge in [-0.2, -0.15) is 4.98 Å². The van der Waals surface area contributed by atoms with Crippen molar-refractivity contribution in [2.45, 2.75) is 45.4 Å². The largest absolute Gasteiger partial charge is 0.477 e. The van der Waals surface area contributed by atoms with E-state index in [1.165, 1.54) is 7.11 Å². The highest BCUT2D eigenvalue weighted by atomic mass is 32.2. The topological polar surface area (TPSA) is 111 Å². The van der Waals surface area contributed by atoms with Gasteiger partial charge in [0.2, 0.25) is 11.8 Å². The van der Waals surface area contributed by atoms with Gasteiger partial charge in [-0.25, -0.2) is 22.9 Å². The molecule has 2 aliphatic rings. The number of carbonyl (C=O) groups excluding carboxylic acids is 1. The second kappa shape index (κ2) is 11.7. The molecular formula is C31H38N4O5S. The van der Waals surface area contributed by atoms with Gasteiger partial charge in [-0.05, 0) is 79.2 Å². The van der Waals surface area contributed by atoms with Crippen LogP contribution in [-0.4, -0.2) is 56.2 Å². The Kier molecular flexibility index (Phi) is 8.22. The number of methoxy groups -OCH3 is 1. The summed E-state index contributed by atoms with van der Waals surface area (Å²) in [6.45, 7) is 9.99. The second-order valence-electron chi connectivity index (χ2n) is 11.6. The van der Waals surface area contributed by atoms with Crippen LogP contribution in [0.4, 0.5) is 10.7 Å². The zero-order chi connectivity index (χ0) is 29.3. The highest BCUT2D eigenvalue weighted by molar-refractivity contribution is 7.92. The summed E-state index contributed by atoms with van der Waals surface area (Å²) in [6.07, 6.45) is 1.26. The van der Waals surface area contributed by atoms with Crippen LogP contribution in [-0.2, 0) is 21.2 Å². The number of hydrogen-bond donors (Lipinski definition) is 1. The molecule has 10 heteroatoms. The maximum Gasteiger partial charge on any atom is 0.409 e. The number of rotatable bonds is 4. The van der Waals surface area contributed by atoms with Gasteiger partial charge in [-0.15, -0.1) is 0 Å². The molecule has 2 aromatic carbocycles. The molecule has 1 saturated heterocycles. The molecular weight excluding hydrogens is 540 g/mol. The molecule has 4 bridgehead atoms. The molecule has 1 amide bonds. The number of fused-ring (bicyclic) bond motifs is 4. The summed E-state index contributed by atoms with van der Waals surface area (Å²) in [5.41, 5.74) is 4.47. The molecule has 2 atom stereocenters. The summed E-state index contributed by atoms with van der Waals surface area (Å²) in [7, 11) is -2.57. The van der Waals surface area contributed by atoms with Gasteiger partial charge in [-0.3, -0.25) is 0 Å². The number of hydrogen-bond acceptors (Lipinski definition) is 7. The van der Waals surface area contributed by atoms with Crippen LogP contribution in [0.1, 0.15) is 37.0 Å². The fourth-order valence-corrected chi connectivity index (χ4v) is 7.14. The summed E-state index contributed by atoms with van der Waals surface area (Å²) in [6, 6.07) is 14.8. The van der Waals surface area contributed by atoms with Gasteiger partial charge in [0, 0.05) is 24.7 Å². The average molecular weight is 579 g/mol. The summed E-state index contributed by atoms with van der Waals surface area (Å²) < 4.78 is 40.9. The molecule has 5 rings (SSSR count). The molecule has 2 aliphatic heterocycles. The lowest BCUT2D eigenvalue weighted by Crippen LogP contribution is -2.54. The van der Waals surface area contributed by atoms with Crippen LogP contribution < -0.4 is 9.46 Å². The average Bonchev–Trinajstić information content (AvgIpc) is 2.89. The number of amides is 1. The van der Waals surface area contributed by atoms with E-state index in [9.17, 15) is 13.2 Å². The van der Waals surface area contributed by atoms with E-state index in [4.69, 9.17) is 9.47 Å². The molecule has 0 saturated carbocycles. The molecule has 0 aliphatic carbocycles. The minimum Gasteiger partial charge on any atom is -0.477 e. The Balaban J connectivity index is 1.59. The second-order valence-corrected chi connectivity index (χ2v) is 13.3. The Morgan fingerprint density at radius 3 is 2.49 bits per heavy atom. The minimum atomic E-state index is -3.96. The van der Waals surface area contributed by atoms with Crippen LogP contribution in [0.2, 0.25) is 0 Å². The maximum atomic E-state index is 13.5. The molecule has 41 heavy (non-hydrogen) atoms. The van der Waals surface area contributed by atoms with Gasteiger partial charge in [0.25, 0.3) is 10.0 Å². The Morgan fingerprint density at radius 2 is 1.80 bits per heavy atom. The van der Waals surface area contributed by atoms with Crippen molar-refractivity contribution in [3.63, 3.8) is 0 Å². The van der Waals surface area contributed by atoms with Crippen molar-refractivity contribution < 1.29 is 22.7 Å². The first-order valence-electron chi connectivity index (χ1n) is 14.1. The van der Waals surface area contributed by atoms with Gasteiger partial charge in [0.15, 0.2) is 0 Å². The summed E-state index contributed by atoms with van der Waals surface area (Å²) in [5.74, 6) is 1.24. The predicted molar refractivity (Wildman–Crippen MR) is 157 cm³/mol. The normalized spacial score (nSPS) is 20.5. The zero-order valence-electron chi connectivity index (χ0n) is 24.3. The third kappa shape index (κ3) is 6.32. The predicted octanol–water partition coefficient (Wildman–Crippen LogP) is 5.47. The van der Waals surface area contributed by atoms with Gasteiger partial charge in [0.05, 0.1) is 24.3 Å². The maximum absolute atomic E-state index is 13.5. The van der Waals surface area contributed by atoms with E-state index in [2.05, 4.69) is 28.5 Å². The molecule has 0 spiro atoms. The molecule has 9 nitrogen and oxygen atoms in total. The van der Waals surface area contributed by atoms with Crippen molar-refractivity contribution in [2.24, 2.45) is 23.7 Å². The number of aromatic nitrogens is 2. The van der Waals surface area contributed by atoms with Crippen LogP contribution in [0, 0.1) is 37.5 Å². The summed E-state index contributed by atoms with van der Waals surface area (Å²) in [5, 5.41) is 0. The minimum absolute atomic E-state index is 0.0329. The lowest BCUT2D eigenvalue weighted by molar-refractivity contribution is 0.0155. The number of anilines is 1. The van der Waals surface area contributed by atoms with Gasteiger partial charge in [0.1, 0.15) is 0 Å². The quantitative estimate of drug-likeness (QED) is 0.437. The highest BCUT2D eigenvalue weighted by Gasteiger charge is 2.40. The van der Waals surface area contributed by atoms with Gasteiger partial charge in [-0.1, -0.05) is 44.2 Å². The van der Waals surface area contributed by atoms with Crippen LogP contribution in [0.5, 0.6) is 5.88 Å². The van der Waals surface area contributed by atoms with Crippen LogP contribution >= 0.6 is 0 Å². The van der Waals surface area contributed by atoms with Crippen molar-refractivity contribution in [2.75, 3.05) is 31.5 Å². The van der Waals surface area contributed by atoms with E-state index in [1.807, 2.05) is 38.1 Å². The zero-order valence-corrected chi connectivity index (χ0v) is 25.1.